The lowest BCUT2D eigenvalue weighted by atomic mass is 9.81. The van der Waals surface area contributed by atoms with Crippen molar-refractivity contribution < 1.29 is 0 Å². The van der Waals surface area contributed by atoms with E-state index in [-0.39, 0.29) is 5.41 Å². The first-order valence-electron chi connectivity index (χ1n) is 20.2. The highest BCUT2D eigenvalue weighted by Crippen LogP contribution is 2.50. The van der Waals surface area contributed by atoms with Crippen LogP contribution in [0.2, 0.25) is 0 Å². The van der Waals surface area contributed by atoms with Gasteiger partial charge >= 0.3 is 0 Å². The number of anilines is 3. The maximum atomic E-state index is 2.42. The van der Waals surface area contributed by atoms with E-state index in [1.807, 2.05) is 0 Å². The van der Waals surface area contributed by atoms with Crippen molar-refractivity contribution in [3.8, 4) is 66.8 Å². The van der Waals surface area contributed by atoms with E-state index < -0.39 is 0 Å². The van der Waals surface area contributed by atoms with Crippen molar-refractivity contribution in [1.82, 2.24) is 0 Å². The summed E-state index contributed by atoms with van der Waals surface area (Å²) in [7, 11) is 0. The minimum Gasteiger partial charge on any atom is -0.311 e. The molecule has 58 heavy (non-hydrogen) atoms. The summed E-state index contributed by atoms with van der Waals surface area (Å²) >= 11 is 0. The van der Waals surface area contributed by atoms with E-state index >= 15 is 0 Å². The summed E-state index contributed by atoms with van der Waals surface area (Å²) in [5.41, 5.74) is 20.9. The highest BCUT2D eigenvalue weighted by Gasteiger charge is 2.35. The van der Waals surface area contributed by atoms with Crippen LogP contribution in [0.25, 0.3) is 66.8 Å². The van der Waals surface area contributed by atoms with Crippen LogP contribution in [0, 0.1) is 0 Å². The number of nitrogens with zero attached hydrogens (tertiary/aromatic N) is 1. The molecule has 0 spiro atoms. The predicted octanol–water partition coefficient (Wildman–Crippen LogP) is 15.8. The predicted molar refractivity (Wildman–Crippen MR) is 246 cm³/mol. The van der Waals surface area contributed by atoms with E-state index in [0.717, 1.165) is 17.1 Å². The van der Waals surface area contributed by atoms with Crippen LogP contribution in [0.1, 0.15) is 25.0 Å². The van der Waals surface area contributed by atoms with Gasteiger partial charge in [-0.15, -0.1) is 0 Å². The fourth-order valence-electron chi connectivity index (χ4n) is 8.92. The molecule has 0 saturated heterocycles. The van der Waals surface area contributed by atoms with Crippen LogP contribution in [-0.2, 0) is 5.41 Å². The molecule has 1 nitrogen and oxygen atoms in total. The lowest BCUT2D eigenvalue weighted by Gasteiger charge is -2.26. The zero-order valence-corrected chi connectivity index (χ0v) is 32.8. The summed E-state index contributed by atoms with van der Waals surface area (Å²) in [5.74, 6) is 0. The van der Waals surface area contributed by atoms with Gasteiger partial charge in [-0.05, 0) is 120 Å². The van der Waals surface area contributed by atoms with Gasteiger partial charge in [0, 0.05) is 22.5 Å². The molecule has 0 unspecified atom stereocenters. The van der Waals surface area contributed by atoms with Crippen LogP contribution >= 0.6 is 0 Å². The van der Waals surface area contributed by atoms with Gasteiger partial charge in [0.2, 0.25) is 0 Å². The van der Waals surface area contributed by atoms with Gasteiger partial charge in [-0.2, -0.15) is 0 Å². The van der Waals surface area contributed by atoms with Crippen LogP contribution in [0.15, 0.2) is 224 Å². The van der Waals surface area contributed by atoms with Crippen molar-refractivity contribution in [3.05, 3.63) is 236 Å². The minimum absolute atomic E-state index is 0.0508. The van der Waals surface area contributed by atoms with E-state index in [4.69, 9.17) is 0 Å². The van der Waals surface area contributed by atoms with Crippen molar-refractivity contribution in [2.45, 2.75) is 19.3 Å². The Labute approximate surface area is 342 Å². The maximum Gasteiger partial charge on any atom is 0.0462 e. The molecule has 1 aliphatic rings. The fraction of sp³-hybridized carbons (Fsp3) is 0.0526. The second-order valence-electron chi connectivity index (χ2n) is 15.7. The lowest BCUT2D eigenvalue weighted by Crippen LogP contribution is -2.14. The Balaban J connectivity index is 1.02. The average molecular weight is 742 g/mol. The van der Waals surface area contributed by atoms with Crippen LogP contribution < -0.4 is 4.90 Å². The van der Waals surface area contributed by atoms with E-state index in [0.29, 0.717) is 0 Å². The summed E-state index contributed by atoms with van der Waals surface area (Å²) in [4.78, 5) is 2.36. The summed E-state index contributed by atoms with van der Waals surface area (Å²) in [6, 6.07) is 81.6. The van der Waals surface area contributed by atoms with Gasteiger partial charge in [0.05, 0.1) is 0 Å². The van der Waals surface area contributed by atoms with E-state index in [1.165, 1.54) is 77.9 Å². The molecule has 0 bridgehead atoms. The fourth-order valence-corrected chi connectivity index (χ4v) is 8.92. The van der Waals surface area contributed by atoms with E-state index in [9.17, 15) is 0 Å². The van der Waals surface area contributed by atoms with Crippen molar-refractivity contribution in [2.24, 2.45) is 0 Å². The van der Waals surface area contributed by atoms with E-state index in [1.54, 1.807) is 0 Å². The Hall–Kier alpha value is -7.22. The molecule has 0 aromatic heterocycles. The summed E-state index contributed by atoms with van der Waals surface area (Å²) < 4.78 is 0. The quantitative estimate of drug-likeness (QED) is 0.150. The molecule has 0 saturated carbocycles. The Kier molecular flexibility index (Phi) is 8.92. The Morgan fingerprint density at radius 2 is 0.586 bits per heavy atom. The van der Waals surface area contributed by atoms with Crippen molar-refractivity contribution in [3.63, 3.8) is 0 Å². The number of benzene rings is 9. The molecule has 0 radical (unpaired) electrons. The number of fused-ring (bicyclic) bond motifs is 3. The molecule has 0 heterocycles. The maximum absolute atomic E-state index is 2.42. The monoisotopic (exact) mass is 741 g/mol. The summed E-state index contributed by atoms with van der Waals surface area (Å²) in [6.07, 6.45) is 0. The van der Waals surface area contributed by atoms with Crippen molar-refractivity contribution >= 4 is 17.1 Å². The number of hydrogen-bond acceptors (Lipinski definition) is 1. The third kappa shape index (κ3) is 6.32. The van der Waals surface area contributed by atoms with Gasteiger partial charge < -0.3 is 4.90 Å². The third-order valence-corrected chi connectivity index (χ3v) is 11.9. The van der Waals surface area contributed by atoms with Gasteiger partial charge in [-0.3, -0.25) is 0 Å². The zero-order valence-electron chi connectivity index (χ0n) is 32.8. The molecule has 0 atom stereocenters. The molecule has 9 aromatic rings. The van der Waals surface area contributed by atoms with Crippen LogP contribution in [0.4, 0.5) is 17.1 Å². The summed E-state index contributed by atoms with van der Waals surface area (Å²) in [5, 5.41) is 0. The minimum atomic E-state index is -0.0508. The van der Waals surface area contributed by atoms with Crippen molar-refractivity contribution in [2.75, 3.05) is 4.90 Å². The Morgan fingerprint density at radius 1 is 0.259 bits per heavy atom. The topological polar surface area (TPSA) is 3.24 Å². The molecular weight excluding hydrogens is 699 g/mol. The lowest BCUT2D eigenvalue weighted by molar-refractivity contribution is 0.660. The molecule has 0 amide bonds. The smallest absolute Gasteiger partial charge is 0.0462 e. The van der Waals surface area contributed by atoms with E-state index in [2.05, 4.69) is 243 Å². The van der Waals surface area contributed by atoms with Crippen molar-refractivity contribution in [1.29, 1.82) is 0 Å². The standard InChI is InChI=1S/C57H43N/c1-57(2)55-24-14-13-23-53(55)54-38-31-45(39-56(54)57)52-22-12-11-21-51(52)44-29-36-48(37-30-44)58(46-32-25-41(26-33-46)40-15-5-3-6-16-40)47-34-27-43(28-35-47)50-20-10-9-19-49(50)42-17-7-4-8-18-42/h3-39H,1-2H3. The zero-order chi connectivity index (χ0) is 39.1. The second kappa shape index (κ2) is 14.7. The molecule has 9 aromatic carbocycles. The first-order valence-corrected chi connectivity index (χ1v) is 20.2. The van der Waals surface area contributed by atoms with Crippen LogP contribution in [0.5, 0.6) is 0 Å². The number of rotatable bonds is 8. The third-order valence-electron chi connectivity index (χ3n) is 11.9. The molecular formula is C57H43N. The summed E-state index contributed by atoms with van der Waals surface area (Å²) in [6.45, 7) is 4.70. The first-order chi connectivity index (χ1) is 28.5. The van der Waals surface area contributed by atoms with Crippen LogP contribution in [0.3, 0.4) is 0 Å². The first kappa shape index (κ1) is 35.2. The molecule has 0 fully saturated rings. The van der Waals surface area contributed by atoms with Gasteiger partial charge in [0.25, 0.3) is 0 Å². The SMILES string of the molecule is CC1(C)c2ccccc2-c2ccc(-c3ccccc3-c3ccc(N(c4ccc(-c5ccccc5)cc4)c4ccc(-c5ccccc5-c5ccccc5)cc4)cc3)cc21. The molecule has 276 valence electrons. The van der Waals surface area contributed by atoms with Crippen LogP contribution in [-0.4, -0.2) is 0 Å². The second-order valence-corrected chi connectivity index (χ2v) is 15.7. The van der Waals surface area contributed by atoms with Gasteiger partial charge in [-0.25, -0.2) is 0 Å². The Bertz CT molecular complexity index is 2870. The van der Waals surface area contributed by atoms with Gasteiger partial charge in [0.1, 0.15) is 0 Å². The molecule has 1 aliphatic carbocycles. The highest BCUT2D eigenvalue weighted by molar-refractivity contribution is 5.90. The highest BCUT2D eigenvalue weighted by atomic mass is 15.1. The molecule has 1 heteroatoms. The normalized spacial score (nSPS) is 12.4. The van der Waals surface area contributed by atoms with Gasteiger partial charge in [-0.1, -0.05) is 196 Å². The average Bonchev–Trinajstić information content (AvgIpc) is 3.53. The molecule has 0 N–H and O–H groups in total. The molecule has 0 aliphatic heterocycles. The van der Waals surface area contributed by atoms with Gasteiger partial charge in [0.15, 0.2) is 0 Å². The Morgan fingerprint density at radius 3 is 1.09 bits per heavy atom. The molecule has 10 rings (SSSR count). The largest absolute Gasteiger partial charge is 0.311 e. The number of hydrogen-bond donors (Lipinski definition) is 0.